The lowest BCUT2D eigenvalue weighted by molar-refractivity contribution is 0.0942. The first-order valence-corrected chi connectivity index (χ1v) is 11.8. The van der Waals surface area contributed by atoms with E-state index in [1.807, 2.05) is 34.9 Å². The highest BCUT2D eigenvalue weighted by molar-refractivity contribution is 7.89. The van der Waals surface area contributed by atoms with E-state index in [1.54, 1.807) is 36.4 Å². The second kappa shape index (κ2) is 9.17. The lowest BCUT2D eigenvalue weighted by Gasteiger charge is -2.13. The van der Waals surface area contributed by atoms with Gasteiger partial charge in [0, 0.05) is 38.1 Å². The van der Waals surface area contributed by atoms with Crippen LogP contribution < -0.4 is 5.32 Å². The van der Waals surface area contributed by atoms with E-state index >= 15 is 0 Å². The number of amides is 1. The van der Waals surface area contributed by atoms with Crippen molar-refractivity contribution in [1.82, 2.24) is 14.2 Å². The Kier molecular flexibility index (Phi) is 6.31. The molecule has 8 heteroatoms. The molecule has 0 aliphatic rings. The molecular formula is C25H24FN3O3S. The first-order valence-electron chi connectivity index (χ1n) is 10.4. The fourth-order valence-corrected chi connectivity index (χ4v) is 4.56. The highest BCUT2D eigenvalue weighted by atomic mass is 32.2. The van der Waals surface area contributed by atoms with E-state index in [0.29, 0.717) is 17.6 Å². The first-order chi connectivity index (χ1) is 15.8. The molecule has 0 bridgehead atoms. The molecule has 6 nitrogen and oxygen atoms in total. The topological polar surface area (TPSA) is 71.4 Å². The normalized spacial score (nSPS) is 11.8. The van der Waals surface area contributed by atoms with Crippen LogP contribution in [0.1, 0.15) is 21.6 Å². The maximum absolute atomic E-state index is 13.2. The standard InChI is InChI=1S/C25H24FN3O3S/c1-28(2)33(31,32)22-12-13-23-20(14-22)15-24(29(23)17-19-6-4-3-5-7-19)25(30)27-16-18-8-10-21(26)11-9-18/h3-15H,16-17H2,1-2H3,(H,27,30). The summed E-state index contributed by atoms with van der Waals surface area (Å²) in [5.41, 5.74) is 2.95. The average Bonchev–Trinajstić information content (AvgIpc) is 3.16. The van der Waals surface area contributed by atoms with Crippen LogP contribution in [0.15, 0.2) is 83.8 Å². The zero-order valence-electron chi connectivity index (χ0n) is 18.3. The van der Waals surface area contributed by atoms with Crippen LogP contribution in [0.4, 0.5) is 4.39 Å². The van der Waals surface area contributed by atoms with E-state index in [9.17, 15) is 17.6 Å². The zero-order valence-corrected chi connectivity index (χ0v) is 19.1. The summed E-state index contributed by atoms with van der Waals surface area (Å²) in [7, 11) is -0.647. The van der Waals surface area contributed by atoms with Crippen LogP contribution in [-0.2, 0) is 23.1 Å². The maximum atomic E-state index is 13.2. The number of hydrogen-bond acceptors (Lipinski definition) is 3. The second-order valence-electron chi connectivity index (χ2n) is 7.92. The molecule has 4 aromatic rings. The van der Waals surface area contributed by atoms with Crippen LogP contribution in [0.2, 0.25) is 0 Å². The minimum absolute atomic E-state index is 0.162. The summed E-state index contributed by atoms with van der Waals surface area (Å²) in [6.45, 7) is 0.690. The number of halogens is 1. The van der Waals surface area contributed by atoms with Crippen molar-refractivity contribution in [3.8, 4) is 0 Å². The molecule has 0 saturated heterocycles. The molecule has 3 aromatic carbocycles. The number of fused-ring (bicyclic) bond motifs is 1. The largest absolute Gasteiger partial charge is 0.347 e. The van der Waals surface area contributed by atoms with Gasteiger partial charge in [0.2, 0.25) is 10.0 Å². The van der Waals surface area contributed by atoms with Crippen molar-refractivity contribution in [2.75, 3.05) is 14.1 Å². The average molecular weight is 466 g/mol. The number of aromatic nitrogens is 1. The molecule has 0 aliphatic heterocycles. The summed E-state index contributed by atoms with van der Waals surface area (Å²) in [5.74, 6) is -0.639. The lowest BCUT2D eigenvalue weighted by atomic mass is 10.2. The van der Waals surface area contributed by atoms with Gasteiger partial charge in [0.25, 0.3) is 5.91 Å². The van der Waals surface area contributed by atoms with Gasteiger partial charge < -0.3 is 9.88 Å². The van der Waals surface area contributed by atoms with Gasteiger partial charge in [-0.25, -0.2) is 17.1 Å². The molecule has 33 heavy (non-hydrogen) atoms. The Bertz CT molecular complexity index is 1400. The van der Waals surface area contributed by atoms with Gasteiger partial charge in [0.05, 0.1) is 4.90 Å². The Morgan fingerprint density at radius 2 is 1.64 bits per heavy atom. The summed E-state index contributed by atoms with van der Waals surface area (Å²) >= 11 is 0. The number of benzene rings is 3. The van der Waals surface area contributed by atoms with Crippen LogP contribution >= 0.6 is 0 Å². The molecule has 0 fully saturated rings. The molecule has 170 valence electrons. The van der Waals surface area contributed by atoms with Gasteiger partial charge in [0.15, 0.2) is 0 Å². The molecule has 0 atom stereocenters. The number of rotatable bonds is 7. The van der Waals surface area contributed by atoms with E-state index in [-0.39, 0.29) is 23.2 Å². The van der Waals surface area contributed by atoms with E-state index in [0.717, 1.165) is 20.9 Å². The van der Waals surface area contributed by atoms with Crippen molar-refractivity contribution in [2.45, 2.75) is 18.0 Å². The van der Waals surface area contributed by atoms with Crippen LogP contribution in [0.3, 0.4) is 0 Å². The maximum Gasteiger partial charge on any atom is 0.268 e. The van der Waals surface area contributed by atoms with E-state index in [4.69, 9.17) is 0 Å². The molecule has 4 rings (SSSR count). The minimum atomic E-state index is -3.61. The van der Waals surface area contributed by atoms with Crippen LogP contribution in [0, 0.1) is 5.82 Å². The molecule has 1 N–H and O–H groups in total. The molecule has 0 spiro atoms. The van der Waals surface area contributed by atoms with Crippen molar-refractivity contribution < 1.29 is 17.6 Å². The molecule has 0 aliphatic carbocycles. The van der Waals surface area contributed by atoms with E-state index in [1.165, 1.54) is 26.2 Å². The third-order valence-electron chi connectivity index (χ3n) is 5.43. The lowest BCUT2D eigenvalue weighted by Crippen LogP contribution is -2.25. The fraction of sp³-hybridized carbons (Fsp3) is 0.160. The van der Waals surface area contributed by atoms with E-state index < -0.39 is 10.0 Å². The number of sulfonamides is 1. The third kappa shape index (κ3) is 4.81. The predicted octanol–water partition coefficient (Wildman–Crippen LogP) is 4.01. The van der Waals surface area contributed by atoms with Crippen LogP contribution in [0.5, 0.6) is 0 Å². The number of carbonyl (C=O) groups is 1. The third-order valence-corrected chi connectivity index (χ3v) is 7.24. The highest BCUT2D eigenvalue weighted by Gasteiger charge is 2.21. The molecule has 0 unspecified atom stereocenters. The first kappa shape index (κ1) is 22.7. The Morgan fingerprint density at radius 3 is 2.30 bits per heavy atom. The number of hydrogen-bond donors (Lipinski definition) is 1. The van der Waals surface area contributed by atoms with Crippen molar-refractivity contribution in [3.63, 3.8) is 0 Å². The molecule has 1 heterocycles. The predicted molar refractivity (Wildman–Crippen MR) is 126 cm³/mol. The number of carbonyl (C=O) groups excluding carboxylic acids is 1. The van der Waals surface area contributed by atoms with Crippen LogP contribution in [-0.4, -0.2) is 37.3 Å². The summed E-state index contributed by atoms with van der Waals surface area (Å²) in [6, 6.07) is 22.2. The quantitative estimate of drug-likeness (QED) is 0.448. The van der Waals surface area contributed by atoms with Crippen molar-refractivity contribution >= 4 is 26.8 Å². The number of nitrogens with one attached hydrogen (secondary N) is 1. The summed E-state index contributed by atoms with van der Waals surface area (Å²) < 4.78 is 41.4. The van der Waals surface area contributed by atoms with Gasteiger partial charge >= 0.3 is 0 Å². The van der Waals surface area contributed by atoms with Gasteiger partial charge in [-0.2, -0.15) is 0 Å². The van der Waals surface area contributed by atoms with Crippen LogP contribution in [0.25, 0.3) is 10.9 Å². The van der Waals surface area contributed by atoms with Gasteiger partial charge in [-0.3, -0.25) is 4.79 Å². The minimum Gasteiger partial charge on any atom is -0.347 e. The zero-order chi connectivity index (χ0) is 23.6. The monoisotopic (exact) mass is 465 g/mol. The fourth-order valence-electron chi connectivity index (χ4n) is 3.62. The smallest absolute Gasteiger partial charge is 0.268 e. The molecular weight excluding hydrogens is 441 g/mol. The molecule has 0 saturated carbocycles. The van der Waals surface area contributed by atoms with E-state index in [2.05, 4.69) is 5.32 Å². The molecule has 0 radical (unpaired) electrons. The van der Waals surface area contributed by atoms with Crippen molar-refractivity contribution in [2.24, 2.45) is 0 Å². The van der Waals surface area contributed by atoms with Gasteiger partial charge in [-0.1, -0.05) is 42.5 Å². The Hall–Kier alpha value is -3.49. The molecule has 1 aromatic heterocycles. The Morgan fingerprint density at radius 1 is 0.939 bits per heavy atom. The SMILES string of the molecule is CN(C)S(=O)(=O)c1ccc2c(c1)cc(C(=O)NCc1ccc(F)cc1)n2Cc1ccccc1. The molecule has 1 amide bonds. The number of nitrogens with zero attached hydrogens (tertiary/aromatic N) is 2. The second-order valence-corrected chi connectivity index (χ2v) is 10.1. The van der Waals surface area contributed by atoms with Gasteiger partial charge in [-0.15, -0.1) is 0 Å². The van der Waals surface area contributed by atoms with Crippen molar-refractivity contribution in [1.29, 1.82) is 0 Å². The highest BCUT2D eigenvalue weighted by Crippen LogP contribution is 2.26. The summed E-state index contributed by atoms with van der Waals surface area (Å²) in [5, 5.41) is 3.53. The Balaban J connectivity index is 1.73. The summed E-state index contributed by atoms with van der Waals surface area (Å²) in [4.78, 5) is 13.3. The van der Waals surface area contributed by atoms with Gasteiger partial charge in [0.1, 0.15) is 11.5 Å². The van der Waals surface area contributed by atoms with Crippen molar-refractivity contribution in [3.05, 3.63) is 102 Å². The Labute approximate surface area is 192 Å². The summed E-state index contributed by atoms with van der Waals surface area (Å²) in [6.07, 6.45) is 0. The van der Waals surface area contributed by atoms with Gasteiger partial charge in [-0.05, 0) is 47.5 Å².